The smallest absolute Gasteiger partial charge is 0.314 e. The summed E-state index contributed by atoms with van der Waals surface area (Å²) in [6.45, 7) is 1.13. The molecule has 2 aromatic carbocycles. The molecule has 6 nitrogen and oxygen atoms in total. The molecule has 1 saturated heterocycles. The number of carboxylic acids is 1. The molecule has 1 aliphatic heterocycles. The van der Waals surface area contributed by atoms with Gasteiger partial charge >= 0.3 is 5.97 Å². The molecular formula is C20H20N2O4. The van der Waals surface area contributed by atoms with Gasteiger partial charge < -0.3 is 19.2 Å². The van der Waals surface area contributed by atoms with E-state index in [0.717, 1.165) is 16.7 Å². The van der Waals surface area contributed by atoms with Gasteiger partial charge in [0.25, 0.3) is 6.01 Å². The SMILES string of the molecule is COc1cccc(C2(C(=O)O)CCN(c3nc4ccccc4o3)CC2)c1. The molecule has 1 fully saturated rings. The second-order valence-corrected chi connectivity index (χ2v) is 6.57. The zero-order valence-corrected chi connectivity index (χ0v) is 14.5. The van der Waals surface area contributed by atoms with Gasteiger partial charge in [0.2, 0.25) is 0 Å². The molecule has 0 atom stereocenters. The first-order valence-corrected chi connectivity index (χ1v) is 8.61. The van der Waals surface area contributed by atoms with Crippen LogP contribution in [0.15, 0.2) is 52.9 Å². The van der Waals surface area contributed by atoms with Crippen molar-refractivity contribution < 1.29 is 19.1 Å². The van der Waals surface area contributed by atoms with Gasteiger partial charge in [-0.2, -0.15) is 4.98 Å². The summed E-state index contributed by atoms with van der Waals surface area (Å²) in [5.41, 5.74) is 1.41. The van der Waals surface area contributed by atoms with Crippen LogP contribution in [0.3, 0.4) is 0 Å². The van der Waals surface area contributed by atoms with E-state index in [2.05, 4.69) is 4.98 Å². The molecule has 0 unspecified atom stereocenters. The normalized spacial score (nSPS) is 16.6. The zero-order chi connectivity index (χ0) is 18.1. The predicted octanol–water partition coefficient (Wildman–Crippen LogP) is 3.46. The van der Waals surface area contributed by atoms with Gasteiger partial charge in [0.05, 0.1) is 12.5 Å². The highest BCUT2D eigenvalue weighted by Gasteiger charge is 2.44. The lowest BCUT2D eigenvalue weighted by molar-refractivity contribution is -0.144. The van der Waals surface area contributed by atoms with E-state index >= 15 is 0 Å². The van der Waals surface area contributed by atoms with Crippen molar-refractivity contribution in [1.29, 1.82) is 0 Å². The average molecular weight is 352 g/mol. The first kappa shape index (κ1) is 16.4. The highest BCUT2D eigenvalue weighted by molar-refractivity contribution is 5.82. The fourth-order valence-corrected chi connectivity index (χ4v) is 3.62. The van der Waals surface area contributed by atoms with Gasteiger partial charge in [0, 0.05) is 13.1 Å². The molecule has 0 spiro atoms. The lowest BCUT2D eigenvalue weighted by atomic mass is 9.73. The van der Waals surface area contributed by atoms with Crippen LogP contribution >= 0.6 is 0 Å². The standard InChI is InChI=1S/C20H20N2O4/c1-25-15-6-4-5-14(13-15)20(18(23)24)9-11-22(12-10-20)19-21-16-7-2-3-8-17(16)26-19/h2-8,13H,9-12H2,1H3,(H,23,24). The second-order valence-electron chi connectivity index (χ2n) is 6.57. The lowest BCUT2D eigenvalue weighted by Crippen LogP contribution is -2.47. The van der Waals surface area contributed by atoms with Crippen LogP contribution in [0, 0.1) is 0 Å². The number of aromatic nitrogens is 1. The molecule has 0 radical (unpaired) electrons. The van der Waals surface area contributed by atoms with E-state index in [1.165, 1.54) is 0 Å². The minimum absolute atomic E-state index is 0.480. The number of hydrogen-bond acceptors (Lipinski definition) is 5. The van der Waals surface area contributed by atoms with Crippen LogP contribution in [0.5, 0.6) is 5.75 Å². The third-order valence-corrected chi connectivity index (χ3v) is 5.20. The number of carboxylic acid groups (broad SMARTS) is 1. The molecule has 26 heavy (non-hydrogen) atoms. The number of aliphatic carboxylic acids is 1. The Labute approximate surface area is 151 Å². The summed E-state index contributed by atoms with van der Waals surface area (Å²) < 4.78 is 11.1. The zero-order valence-electron chi connectivity index (χ0n) is 14.5. The number of anilines is 1. The molecule has 134 valence electrons. The Balaban J connectivity index is 1.60. The van der Waals surface area contributed by atoms with E-state index in [0.29, 0.717) is 37.7 Å². The molecule has 4 rings (SSSR count). The first-order valence-electron chi connectivity index (χ1n) is 8.61. The monoisotopic (exact) mass is 352 g/mol. The third-order valence-electron chi connectivity index (χ3n) is 5.20. The molecule has 6 heteroatoms. The van der Waals surface area contributed by atoms with Gasteiger partial charge in [-0.1, -0.05) is 24.3 Å². The number of hydrogen-bond donors (Lipinski definition) is 1. The van der Waals surface area contributed by atoms with E-state index in [4.69, 9.17) is 9.15 Å². The minimum Gasteiger partial charge on any atom is -0.497 e. The van der Waals surface area contributed by atoms with E-state index in [1.54, 1.807) is 7.11 Å². The quantitative estimate of drug-likeness (QED) is 0.775. The summed E-state index contributed by atoms with van der Waals surface area (Å²) in [5, 5.41) is 9.98. The molecule has 0 bridgehead atoms. The number of methoxy groups -OCH3 is 1. The number of ether oxygens (including phenoxy) is 1. The Morgan fingerprint density at radius 1 is 1.19 bits per heavy atom. The number of carbonyl (C=O) groups is 1. The van der Waals surface area contributed by atoms with Gasteiger partial charge in [0.1, 0.15) is 11.3 Å². The predicted molar refractivity (Wildman–Crippen MR) is 97.8 cm³/mol. The van der Waals surface area contributed by atoms with Crippen molar-refractivity contribution in [3.63, 3.8) is 0 Å². The summed E-state index contributed by atoms with van der Waals surface area (Å²) >= 11 is 0. The van der Waals surface area contributed by atoms with Gasteiger partial charge in [-0.25, -0.2) is 0 Å². The minimum atomic E-state index is -0.920. The molecule has 2 heterocycles. The van der Waals surface area contributed by atoms with Crippen molar-refractivity contribution in [2.24, 2.45) is 0 Å². The maximum absolute atomic E-state index is 12.2. The second kappa shape index (κ2) is 6.37. The fraction of sp³-hybridized carbons (Fsp3) is 0.300. The van der Waals surface area contributed by atoms with Crippen molar-refractivity contribution in [3.05, 3.63) is 54.1 Å². The third kappa shape index (κ3) is 2.67. The van der Waals surface area contributed by atoms with Gasteiger partial charge in [-0.15, -0.1) is 0 Å². The van der Waals surface area contributed by atoms with Crippen LogP contribution in [0.4, 0.5) is 6.01 Å². The molecule has 0 amide bonds. The van der Waals surface area contributed by atoms with Crippen LogP contribution in [-0.4, -0.2) is 36.3 Å². The highest BCUT2D eigenvalue weighted by Crippen LogP contribution is 2.38. The van der Waals surface area contributed by atoms with E-state index in [-0.39, 0.29) is 0 Å². The number of piperidine rings is 1. The summed E-state index contributed by atoms with van der Waals surface area (Å²) in [6.07, 6.45) is 0.961. The number of fused-ring (bicyclic) bond motifs is 1. The summed E-state index contributed by atoms with van der Waals surface area (Å²) in [5.74, 6) is -0.132. The largest absolute Gasteiger partial charge is 0.497 e. The number of nitrogens with zero attached hydrogens (tertiary/aromatic N) is 2. The summed E-state index contributed by atoms with van der Waals surface area (Å²) in [6, 6.07) is 15.5. The molecular weight excluding hydrogens is 332 g/mol. The van der Waals surface area contributed by atoms with Gasteiger partial charge in [-0.3, -0.25) is 4.79 Å². The first-order chi connectivity index (χ1) is 12.6. The van der Waals surface area contributed by atoms with Gasteiger partial charge in [0.15, 0.2) is 5.58 Å². The van der Waals surface area contributed by atoms with Crippen molar-refractivity contribution >= 4 is 23.1 Å². The number of para-hydroxylation sites is 2. The maximum Gasteiger partial charge on any atom is 0.314 e. The Bertz CT molecular complexity index is 909. The van der Waals surface area contributed by atoms with Crippen molar-refractivity contribution in [1.82, 2.24) is 4.98 Å². The van der Waals surface area contributed by atoms with E-state index in [1.807, 2.05) is 53.4 Å². The number of rotatable bonds is 4. The van der Waals surface area contributed by atoms with Gasteiger partial charge in [-0.05, 0) is 42.7 Å². The molecule has 1 aromatic heterocycles. The summed E-state index contributed by atoms with van der Waals surface area (Å²) in [4.78, 5) is 18.7. The Kier molecular flexibility index (Phi) is 4.03. The molecule has 3 aromatic rings. The Morgan fingerprint density at radius 3 is 2.65 bits per heavy atom. The molecule has 0 saturated carbocycles. The highest BCUT2D eigenvalue weighted by atomic mass is 16.5. The Morgan fingerprint density at radius 2 is 1.96 bits per heavy atom. The fourth-order valence-electron chi connectivity index (χ4n) is 3.62. The topological polar surface area (TPSA) is 75.8 Å². The van der Waals surface area contributed by atoms with Crippen LogP contribution in [0.25, 0.3) is 11.1 Å². The van der Waals surface area contributed by atoms with Crippen molar-refractivity contribution in [2.75, 3.05) is 25.1 Å². The maximum atomic E-state index is 12.2. The molecule has 1 N–H and O–H groups in total. The van der Waals surface area contributed by atoms with Crippen LogP contribution in [-0.2, 0) is 10.2 Å². The van der Waals surface area contributed by atoms with Crippen LogP contribution in [0.2, 0.25) is 0 Å². The van der Waals surface area contributed by atoms with Crippen molar-refractivity contribution in [3.8, 4) is 5.75 Å². The molecule has 1 aliphatic rings. The van der Waals surface area contributed by atoms with E-state index < -0.39 is 11.4 Å². The average Bonchev–Trinajstić information content (AvgIpc) is 3.12. The molecule has 0 aliphatic carbocycles. The Hall–Kier alpha value is -3.02. The van der Waals surface area contributed by atoms with Crippen LogP contribution in [0.1, 0.15) is 18.4 Å². The van der Waals surface area contributed by atoms with Crippen molar-refractivity contribution in [2.45, 2.75) is 18.3 Å². The van der Waals surface area contributed by atoms with E-state index in [9.17, 15) is 9.90 Å². The number of benzene rings is 2. The lowest BCUT2D eigenvalue weighted by Gasteiger charge is -2.38. The summed E-state index contributed by atoms with van der Waals surface area (Å²) in [7, 11) is 1.59. The van der Waals surface area contributed by atoms with Crippen LogP contribution < -0.4 is 9.64 Å². The number of oxazole rings is 1.